The van der Waals surface area contributed by atoms with E-state index in [2.05, 4.69) is 9.88 Å². The fraction of sp³-hybridized carbons (Fsp3) is 0.643. The molecule has 0 radical (unpaired) electrons. The Hall–Kier alpha value is -1.34. The molecule has 3 aliphatic rings. The Kier molecular flexibility index (Phi) is 2.75. The third-order valence-electron chi connectivity index (χ3n) is 5.22. The number of H-pyrrole nitrogens is 1. The lowest BCUT2D eigenvalue weighted by atomic mass is 10.0. The molecule has 2 fully saturated rings. The maximum Gasteiger partial charge on any atom is 0.240 e. The molecular weight excluding hydrogens is 290 g/mol. The summed E-state index contributed by atoms with van der Waals surface area (Å²) in [5.41, 5.74) is 1.89. The van der Waals surface area contributed by atoms with Crippen molar-refractivity contribution in [2.24, 2.45) is 0 Å². The van der Waals surface area contributed by atoms with Crippen LogP contribution in [0, 0.1) is 0 Å². The lowest BCUT2D eigenvalue weighted by Gasteiger charge is -2.30. The molecule has 1 aromatic rings. The fourth-order valence-electron chi connectivity index (χ4n) is 3.93. The van der Waals surface area contributed by atoms with Gasteiger partial charge in [-0.2, -0.15) is 0 Å². The van der Waals surface area contributed by atoms with Crippen LogP contribution in [0.15, 0.2) is 11.1 Å². The molecule has 0 aromatic carbocycles. The second-order valence-corrected chi connectivity index (χ2v) is 8.37. The summed E-state index contributed by atoms with van der Waals surface area (Å²) in [6.07, 6.45) is 4.10. The molecule has 2 atom stereocenters. The highest BCUT2D eigenvalue weighted by Crippen LogP contribution is 2.33. The lowest BCUT2D eigenvalue weighted by molar-refractivity contribution is -0.130. The van der Waals surface area contributed by atoms with Crippen molar-refractivity contribution in [1.29, 1.82) is 0 Å². The smallest absolute Gasteiger partial charge is 0.240 e. The average Bonchev–Trinajstić information content (AvgIpc) is 3.05. The minimum atomic E-state index is -3.08. The first-order valence-electron chi connectivity index (χ1n) is 7.40. The topological polar surface area (TPSA) is 73.5 Å². The van der Waals surface area contributed by atoms with Crippen LogP contribution in [0.4, 0.5) is 0 Å². The highest BCUT2D eigenvalue weighted by molar-refractivity contribution is 7.91. The molecule has 0 aliphatic carbocycles. The number of hydrogen-bond acceptors (Lipinski definition) is 4. The monoisotopic (exact) mass is 309 g/mol. The minimum Gasteiger partial charge on any atom is -0.362 e. The molecule has 7 heteroatoms. The van der Waals surface area contributed by atoms with Gasteiger partial charge in [-0.15, -0.1) is 0 Å². The molecule has 3 aliphatic heterocycles. The van der Waals surface area contributed by atoms with Crippen molar-refractivity contribution in [3.63, 3.8) is 0 Å². The van der Waals surface area contributed by atoms with E-state index in [0.29, 0.717) is 23.9 Å². The standard InChI is InChI=1S/C14H19N3O3S/c1-16-9-2-4-17(12(6-9)14(16)18)8-11-10-3-5-21(19,20)13(10)7-15-11/h7,9,12,15H,2-6,8H2,1H3. The number of nitrogens with one attached hydrogen (secondary N) is 1. The number of carbonyl (C=O) groups excluding carboxylic acids is 1. The summed E-state index contributed by atoms with van der Waals surface area (Å²) in [6, 6.07) is 0.346. The molecule has 0 spiro atoms. The first-order valence-corrected chi connectivity index (χ1v) is 9.05. The van der Waals surface area contributed by atoms with E-state index in [1.54, 1.807) is 6.20 Å². The molecule has 4 rings (SSSR count). The first kappa shape index (κ1) is 13.3. The molecule has 4 heterocycles. The maximum atomic E-state index is 12.2. The van der Waals surface area contributed by atoms with Crippen LogP contribution < -0.4 is 0 Å². The highest BCUT2D eigenvalue weighted by atomic mass is 32.2. The molecule has 1 N–H and O–H groups in total. The second-order valence-electron chi connectivity index (χ2n) is 6.29. The molecule has 0 saturated carbocycles. The van der Waals surface area contributed by atoms with Crippen LogP contribution in [0.25, 0.3) is 0 Å². The van der Waals surface area contributed by atoms with Crippen molar-refractivity contribution in [1.82, 2.24) is 14.8 Å². The van der Waals surface area contributed by atoms with E-state index < -0.39 is 9.84 Å². The zero-order chi connectivity index (χ0) is 14.8. The number of likely N-dealkylation sites (tertiary alicyclic amines) is 2. The third kappa shape index (κ3) is 1.87. The van der Waals surface area contributed by atoms with Gasteiger partial charge in [0.2, 0.25) is 5.91 Å². The summed E-state index contributed by atoms with van der Waals surface area (Å²) in [6.45, 7) is 1.54. The summed E-state index contributed by atoms with van der Waals surface area (Å²) in [7, 11) is -1.20. The Bertz CT molecular complexity index is 709. The number of likely N-dealkylation sites (N-methyl/N-ethyl adjacent to an activating group) is 1. The van der Waals surface area contributed by atoms with Gasteiger partial charge in [-0.1, -0.05) is 0 Å². The van der Waals surface area contributed by atoms with Crippen molar-refractivity contribution in [2.45, 2.75) is 42.8 Å². The van der Waals surface area contributed by atoms with Gasteiger partial charge in [-0.25, -0.2) is 8.42 Å². The summed E-state index contributed by atoms with van der Waals surface area (Å²) in [5, 5.41) is 0. The molecule has 1 amide bonds. The highest BCUT2D eigenvalue weighted by Gasteiger charge is 2.44. The van der Waals surface area contributed by atoms with Crippen LogP contribution in [0.3, 0.4) is 0 Å². The number of carbonyl (C=O) groups is 1. The summed E-state index contributed by atoms with van der Waals surface area (Å²) >= 11 is 0. The van der Waals surface area contributed by atoms with Crippen LogP contribution >= 0.6 is 0 Å². The Labute approximate surface area is 124 Å². The number of aromatic nitrogens is 1. The van der Waals surface area contributed by atoms with Crippen LogP contribution in [0.1, 0.15) is 24.1 Å². The molecule has 21 heavy (non-hydrogen) atoms. The van der Waals surface area contributed by atoms with Gasteiger partial charge in [0.05, 0.1) is 16.7 Å². The van der Waals surface area contributed by atoms with Crippen LogP contribution in [0.5, 0.6) is 0 Å². The Morgan fingerprint density at radius 2 is 2.24 bits per heavy atom. The largest absolute Gasteiger partial charge is 0.362 e. The van der Waals surface area contributed by atoms with Gasteiger partial charge in [0.15, 0.2) is 9.84 Å². The van der Waals surface area contributed by atoms with Crippen molar-refractivity contribution >= 4 is 15.7 Å². The molecule has 114 valence electrons. The Morgan fingerprint density at radius 3 is 3.05 bits per heavy atom. The quantitative estimate of drug-likeness (QED) is 0.844. The number of nitrogens with zero attached hydrogens (tertiary/aromatic N) is 2. The van der Waals surface area contributed by atoms with Crippen LogP contribution in [-0.4, -0.2) is 60.5 Å². The molecule has 1 aromatic heterocycles. The van der Waals surface area contributed by atoms with Gasteiger partial charge in [-0.05, 0) is 24.8 Å². The summed E-state index contributed by atoms with van der Waals surface area (Å²) in [5.74, 6) is 0.417. The van der Waals surface area contributed by atoms with Crippen LogP contribution in [0.2, 0.25) is 0 Å². The van der Waals surface area contributed by atoms with Crippen molar-refractivity contribution in [3.8, 4) is 0 Å². The molecule has 2 saturated heterocycles. The van der Waals surface area contributed by atoms with E-state index in [0.717, 1.165) is 30.6 Å². The van der Waals surface area contributed by atoms with Gasteiger partial charge in [-0.3, -0.25) is 9.69 Å². The van der Waals surface area contributed by atoms with Crippen molar-refractivity contribution in [2.75, 3.05) is 19.3 Å². The van der Waals surface area contributed by atoms with Gasteiger partial charge < -0.3 is 9.88 Å². The van der Waals surface area contributed by atoms with Crippen molar-refractivity contribution < 1.29 is 13.2 Å². The number of fused-ring (bicyclic) bond motifs is 3. The van der Waals surface area contributed by atoms with E-state index >= 15 is 0 Å². The van der Waals surface area contributed by atoms with Gasteiger partial charge in [0, 0.05) is 38.1 Å². The van der Waals surface area contributed by atoms with Crippen LogP contribution in [-0.2, 0) is 27.6 Å². The number of piperidine rings is 1. The van der Waals surface area contributed by atoms with Crippen molar-refractivity contribution in [3.05, 3.63) is 17.5 Å². The van der Waals surface area contributed by atoms with Gasteiger partial charge >= 0.3 is 0 Å². The van der Waals surface area contributed by atoms with E-state index in [1.165, 1.54) is 0 Å². The Balaban J connectivity index is 1.59. The van der Waals surface area contributed by atoms with E-state index in [1.807, 2.05) is 11.9 Å². The SMILES string of the molecule is CN1C(=O)C2CC1CCN2Cc1[nH]cc2c1CCS2(=O)=O. The first-order chi connectivity index (χ1) is 9.97. The van der Waals surface area contributed by atoms with E-state index in [-0.39, 0.29) is 17.7 Å². The predicted octanol–water partition coefficient (Wildman–Crippen LogP) is 0.149. The Morgan fingerprint density at radius 1 is 1.43 bits per heavy atom. The number of amides is 1. The lowest BCUT2D eigenvalue weighted by Crippen LogP contribution is -2.41. The van der Waals surface area contributed by atoms with Gasteiger partial charge in [0.25, 0.3) is 0 Å². The molecule has 2 unspecified atom stereocenters. The predicted molar refractivity (Wildman–Crippen MR) is 76.5 cm³/mol. The normalized spacial score (nSPS) is 30.9. The second kappa shape index (κ2) is 4.33. The summed E-state index contributed by atoms with van der Waals surface area (Å²) in [4.78, 5) is 19.9. The van der Waals surface area contributed by atoms with Gasteiger partial charge in [0.1, 0.15) is 0 Å². The number of hydrogen-bond donors (Lipinski definition) is 1. The molecule has 6 nitrogen and oxygen atoms in total. The van der Waals surface area contributed by atoms with E-state index in [9.17, 15) is 13.2 Å². The van der Waals surface area contributed by atoms with E-state index in [4.69, 9.17) is 0 Å². The molecule has 2 bridgehead atoms. The zero-order valence-corrected chi connectivity index (χ0v) is 12.8. The number of rotatable bonds is 2. The summed E-state index contributed by atoms with van der Waals surface area (Å²) < 4.78 is 23.8. The number of aromatic amines is 1. The zero-order valence-electron chi connectivity index (χ0n) is 12.0. The average molecular weight is 309 g/mol. The fourth-order valence-corrected chi connectivity index (χ4v) is 5.46. The minimum absolute atomic E-state index is 0.0364. The maximum absolute atomic E-state index is 12.2. The molecular formula is C14H19N3O3S. The number of sulfone groups is 1. The third-order valence-corrected chi connectivity index (χ3v) is 7.00.